The molecule has 0 amide bonds. The van der Waals surface area contributed by atoms with E-state index in [4.69, 9.17) is 11.6 Å². The molecule has 3 rings (SSSR count). The van der Waals surface area contributed by atoms with Crippen molar-refractivity contribution < 1.29 is 0 Å². The highest BCUT2D eigenvalue weighted by molar-refractivity contribution is 6.28. The molecule has 2 heterocycles. The van der Waals surface area contributed by atoms with Gasteiger partial charge in [-0.2, -0.15) is 0 Å². The van der Waals surface area contributed by atoms with Gasteiger partial charge in [-0.15, -0.1) is 10.2 Å². The minimum atomic E-state index is 0.216. The third-order valence-electron chi connectivity index (χ3n) is 3.15. The maximum Gasteiger partial charge on any atom is 0.243 e. The van der Waals surface area contributed by atoms with Crippen LogP contribution in [0.1, 0.15) is 19.8 Å². The molecular weight excluding hydrogens is 200 g/mol. The lowest BCUT2D eigenvalue weighted by atomic mass is 10.2. The molecule has 0 bridgehead atoms. The number of anilines is 1. The molecule has 0 N–H and O–H groups in total. The predicted octanol–water partition coefficient (Wildman–Crippen LogP) is 1.51. The summed E-state index contributed by atoms with van der Waals surface area (Å²) in [5.41, 5.74) is 0. The van der Waals surface area contributed by atoms with E-state index in [9.17, 15) is 0 Å². The van der Waals surface area contributed by atoms with Gasteiger partial charge in [0.2, 0.25) is 5.28 Å². The zero-order valence-electron chi connectivity index (χ0n) is 7.89. The maximum absolute atomic E-state index is 5.60. The molecule has 2 fully saturated rings. The van der Waals surface area contributed by atoms with E-state index in [1.807, 2.05) is 0 Å². The van der Waals surface area contributed by atoms with Gasteiger partial charge < -0.3 is 4.90 Å². The monoisotopic (exact) mass is 210 g/mol. The Bertz CT molecular complexity index is 350. The summed E-state index contributed by atoms with van der Waals surface area (Å²) in [5, 5.41) is 8.06. The van der Waals surface area contributed by atoms with Gasteiger partial charge in [-0.1, -0.05) is 0 Å². The average molecular weight is 211 g/mol. The smallest absolute Gasteiger partial charge is 0.243 e. The molecule has 0 aromatic carbocycles. The Labute approximate surface area is 87.3 Å². The minimum absolute atomic E-state index is 0.216. The van der Waals surface area contributed by atoms with Gasteiger partial charge in [0, 0.05) is 12.1 Å². The van der Waals surface area contributed by atoms with Crippen molar-refractivity contribution in [3.63, 3.8) is 0 Å². The van der Waals surface area contributed by atoms with Gasteiger partial charge in [0.1, 0.15) is 0 Å². The first kappa shape index (κ1) is 8.41. The number of nitrogens with zero attached hydrogens (tertiary/aromatic N) is 4. The van der Waals surface area contributed by atoms with E-state index in [2.05, 4.69) is 27.0 Å². The first-order valence-electron chi connectivity index (χ1n) is 4.89. The Kier molecular flexibility index (Phi) is 1.68. The highest BCUT2D eigenvalue weighted by Gasteiger charge is 2.51. The lowest BCUT2D eigenvalue weighted by Crippen LogP contribution is -2.31. The SMILES string of the molecule is CC1CC2CC2N1c1cnc(Cl)nn1. The minimum Gasteiger partial charge on any atom is -0.348 e. The molecule has 1 saturated heterocycles. The van der Waals surface area contributed by atoms with Crippen LogP contribution in [0.15, 0.2) is 6.20 Å². The van der Waals surface area contributed by atoms with Gasteiger partial charge in [-0.05, 0) is 37.3 Å². The van der Waals surface area contributed by atoms with Crippen LogP contribution in [0.25, 0.3) is 0 Å². The summed E-state index contributed by atoms with van der Waals surface area (Å²) in [6.45, 7) is 2.22. The molecule has 2 aliphatic rings. The van der Waals surface area contributed by atoms with Crippen LogP contribution in [0.2, 0.25) is 5.28 Å². The molecule has 1 aromatic heterocycles. The van der Waals surface area contributed by atoms with Gasteiger partial charge in [-0.25, -0.2) is 4.98 Å². The number of hydrogen-bond acceptors (Lipinski definition) is 4. The fourth-order valence-electron chi connectivity index (χ4n) is 2.47. The highest BCUT2D eigenvalue weighted by Crippen LogP contribution is 2.48. The number of piperidine rings is 1. The van der Waals surface area contributed by atoms with Gasteiger partial charge >= 0.3 is 0 Å². The fraction of sp³-hybridized carbons (Fsp3) is 0.667. The maximum atomic E-state index is 5.60. The molecule has 0 radical (unpaired) electrons. The molecule has 74 valence electrons. The van der Waals surface area contributed by atoms with Crippen LogP contribution >= 0.6 is 11.6 Å². The van der Waals surface area contributed by atoms with E-state index in [1.165, 1.54) is 12.8 Å². The number of halogens is 1. The van der Waals surface area contributed by atoms with Crippen molar-refractivity contribution in [2.45, 2.75) is 31.8 Å². The van der Waals surface area contributed by atoms with E-state index in [1.54, 1.807) is 6.20 Å². The molecule has 5 heteroatoms. The largest absolute Gasteiger partial charge is 0.348 e. The summed E-state index contributed by atoms with van der Waals surface area (Å²) in [6, 6.07) is 1.25. The van der Waals surface area contributed by atoms with Crippen LogP contribution in [-0.2, 0) is 0 Å². The Morgan fingerprint density at radius 3 is 2.86 bits per heavy atom. The van der Waals surface area contributed by atoms with Crippen molar-refractivity contribution >= 4 is 17.4 Å². The number of aromatic nitrogens is 3. The van der Waals surface area contributed by atoms with Crippen LogP contribution in [0, 0.1) is 5.92 Å². The van der Waals surface area contributed by atoms with E-state index >= 15 is 0 Å². The summed E-state index contributed by atoms with van der Waals surface area (Å²) in [5.74, 6) is 1.74. The molecule has 4 nitrogen and oxygen atoms in total. The Hall–Kier alpha value is -0.900. The van der Waals surface area contributed by atoms with E-state index in [0.717, 1.165) is 11.7 Å². The standard InChI is InChI=1S/C9H11ClN4/c1-5-2-6-3-7(6)14(5)8-4-11-9(10)13-12-8/h4-7H,2-3H2,1H3. The molecule has 1 aromatic rings. The van der Waals surface area contributed by atoms with E-state index in [0.29, 0.717) is 12.1 Å². The lowest BCUT2D eigenvalue weighted by molar-refractivity contribution is 0.635. The number of rotatable bonds is 1. The average Bonchev–Trinajstić information content (AvgIpc) is 2.82. The van der Waals surface area contributed by atoms with Gasteiger partial charge in [0.15, 0.2) is 5.82 Å². The fourth-order valence-corrected chi connectivity index (χ4v) is 2.56. The van der Waals surface area contributed by atoms with Crippen LogP contribution in [0.3, 0.4) is 0 Å². The molecule has 1 aliphatic carbocycles. The summed E-state index contributed by atoms with van der Waals surface area (Å²) < 4.78 is 0. The normalized spacial score (nSPS) is 34.4. The second-order valence-electron chi connectivity index (χ2n) is 4.14. The summed E-state index contributed by atoms with van der Waals surface area (Å²) in [6.07, 6.45) is 4.29. The zero-order chi connectivity index (χ0) is 9.71. The molecule has 3 unspecified atom stereocenters. The van der Waals surface area contributed by atoms with E-state index < -0.39 is 0 Å². The summed E-state index contributed by atoms with van der Waals surface area (Å²) in [4.78, 5) is 6.28. The molecular formula is C9H11ClN4. The van der Waals surface area contributed by atoms with Crippen LogP contribution in [-0.4, -0.2) is 27.3 Å². The van der Waals surface area contributed by atoms with Gasteiger partial charge in [-0.3, -0.25) is 0 Å². The second kappa shape index (κ2) is 2.79. The van der Waals surface area contributed by atoms with E-state index in [-0.39, 0.29) is 5.28 Å². The lowest BCUT2D eigenvalue weighted by Gasteiger charge is -2.24. The summed E-state index contributed by atoms with van der Waals surface area (Å²) in [7, 11) is 0. The van der Waals surface area contributed by atoms with Gasteiger partial charge in [0.05, 0.1) is 6.20 Å². The number of fused-ring (bicyclic) bond motifs is 1. The molecule has 14 heavy (non-hydrogen) atoms. The van der Waals surface area contributed by atoms with Crippen molar-refractivity contribution in [1.82, 2.24) is 15.2 Å². The quantitative estimate of drug-likeness (QED) is 0.705. The molecule has 3 atom stereocenters. The van der Waals surface area contributed by atoms with Crippen molar-refractivity contribution in [3.8, 4) is 0 Å². The Morgan fingerprint density at radius 1 is 1.43 bits per heavy atom. The highest BCUT2D eigenvalue weighted by atomic mass is 35.5. The third-order valence-corrected chi connectivity index (χ3v) is 3.32. The van der Waals surface area contributed by atoms with Crippen LogP contribution in [0.4, 0.5) is 5.82 Å². The van der Waals surface area contributed by atoms with Crippen LogP contribution < -0.4 is 4.90 Å². The van der Waals surface area contributed by atoms with Crippen LogP contribution in [0.5, 0.6) is 0 Å². The van der Waals surface area contributed by atoms with Crippen molar-refractivity contribution in [3.05, 3.63) is 11.5 Å². The molecule has 0 spiro atoms. The number of hydrogen-bond donors (Lipinski definition) is 0. The van der Waals surface area contributed by atoms with Crippen molar-refractivity contribution in [2.75, 3.05) is 4.90 Å². The Morgan fingerprint density at radius 2 is 2.29 bits per heavy atom. The van der Waals surface area contributed by atoms with Gasteiger partial charge in [0.25, 0.3) is 0 Å². The van der Waals surface area contributed by atoms with Crippen molar-refractivity contribution in [2.24, 2.45) is 5.92 Å². The second-order valence-corrected chi connectivity index (χ2v) is 4.48. The first-order valence-corrected chi connectivity index (χ1v) is 5.27. The topological polar surface area (TPSA) is 41.9 Å². The zero-order valence-corrected chi connectivity index (χ0v) is 8.65. The van der Waals surface area contributed by atoms with Crippen molar-refractivity contribution in [1.29, 1.82) is 0 Å². The molecule has 1 aliphatic heterocycles. The first-order chi connectivity index (χ1) is 6.75. The third kappa shape index (κ3) is 1.17. The Balaban J connectivity index is 1.90. The molecule has 1 saturated carbocycles. The predicted molar refractivity (Wildman–Crippen MR) is 53.3 cm³/mol. The summed E-state index contributed by atoms with van der Waals surface area (Å²) >= 11 is 5.60.